The first-order valence-corrected chi connectivity index (χ1v) is 3.18. The number of aliphatic hydroxyl groups is 1. The highest BCUT2D eigenvalue weighted by Gasteiger charge is 2.32. The number of hydrogen-bond donors (Lipinski definition) is 2. The van der Waals surface area contributed by atoms with Crippen LogP contribution in [0.15, 0.2) is 0 Å². The smallest absolute Gasteiger partial charge is 0.100 e. The van der Waals surface area contributed by atoms with Crippen LogP contribution in [-0.4, -0.2) is 30.0 Å². The van der Waals surface area contributed by atoms with E-state index in [9.17, 15) is 5.11 Å². The molecule has 1 heterocycles. The lowest BCUT2D eigenvalue weighted by molar-refractivity contribution is -0.0862. The summed E-state index contributed by atoms with van der Waals surface area (Å²) in [5, 5.41) is 9.39. The Morgan fingerprint density at radius 3 is 2.78 bits per heavy atom. The summed E-state index contributed by atoms with van der Waals surface area (Å²) < 4.78 is 5.03. The second-order valence-electron chi connectivity index (χ2n) is 2.80. The van der Waals surface area contributed by atoms with Gasteiger partial charge in [0.25, 0.3) is 0 Å². The van der Waals surface area contributed by atoms with Crippen LogP contribution < -0.4 is 5.73 Å². The fraction of sp³-hybridized carbons (Fsp3) is 1.00. The molecule has 9 heavy (non-hydrogen) atoms. The molecule has 0 aromatic rings. The maximum absolute atomic E-state index is 9.39. The quantitative estimate of drug-likeness (QED) is 0.465. The Kier molecular flexibility index (Phi) is 1.75. The highest BCUT2D eigenvalue weighted by Crippen LogP contribution is 2.16. The molecule has 0 saturated carbocycles. The van der Waals surface area contributed by atoms with E-state index in [1.807, 2.05) is 0 Å². The van der Waals surface area contributed by atoms with E-state index in [-0.39, 0.29) is 6.04 Å². The Balaban J connectivity index is 2.49. The van der Waals surface area contributed by atoms with Gasteiger partial charge in [-0.3, -0.25) is 0 Å². The monoisotopic (exact) mass is 131 g/mol. The van der Waals surface area contributed by atoms with Crippen molar-refractivity contribution in [3.8, 4) is 0 Å². The van der Waals surface area contributed by atoms with Gasteiger partial charge >= 0.3 is 0 Å². The van der Waals surface area contributed by atoms with Gasteiger partial charge in [-0.05, 0) is 13.3 Å². The largest absolute Gasteiger partial charge is 0.386 e. The highest BCUT2D eigenvalue weighted by atomic mass is 16.5. The van der Waals surface area contributed by atoms with Crippen molar-refractivity contribution in [1.82, 2.24) is 0 Å². The minimum Gasteiger partial charge on any atom is -0.386 e. The predicted octanol–water partition coefficient (Wildman–Crippen LogP) is -0.515. The van der Waals surface area contributed by atoms with Crippen LogP contribution in [0.2, 0.25) is 0 Å². The average Bonchev–Trinajstić information content (AvgIpc) is 1.77. The number of hydrogen-bond acceptors (Lipinski definition) is 3. The second kappa shape index (κ2) is 2.25. The summed E-state index contributed by atoms with van der Waals surface area (Å²) in [5.41, 5.74) is 4.78. The molecule has 0 spiro atoms. The summed E-state index contributed by atoms with van der Waals surface area (Å²) >= 11 is 0. The van der Waals surface area contributed by atoms with Crippen LogP contribution in [0.3, 0.4) is 0 Å². The lowest BCUT2D eigenvalue weighted by atomic mass is 9.94. The fourth-order valence-electron chi connectivity index (χ4n) is 0.907. The molecule has 1 fully saturated rings. The summed E-state index contributed by atoms with van der Waals surface area (Å²) in [4.78, 5) is 0. The minimum absolute atomic E-state index is 0.119. The Labute approximate surface area is 54.8 Å². The molecule has 2 atom stereocenters. The van der Waals surface area contributed by atoms with E-state index in [1.54, 1.807) is 6.92 Å². The molecule has 0 bridgehead atoms. The maximum Gasteiger partial charge on any atom is 0.100 e. The average molecular weight is 131 g/mol. The summed E-state index contributed by atoms with van der Waals surface area (Å²) in [6.07, 6.45) is 0.757. The van der Waals surface area contributed by atoms with Gasteiger partial charge in [0.1, 0.15) is 5.60 Å². The third-order valence-corrected chi connectivity index (χ3v) is 1.77. The predicted molar refractivity (Wildman–Crippen MR) is 34.0 cm³/mol. The van der Waals surface area contributed by atoms with Crippen LogP contribution in [0.1, 0.15) is 13.3 Å². The molecule has 0 radical (unpaired) electrons. The Hall–Kier alpha value is -0.120. The minimum atomic E-state index is -0.807. The third-order valence-electron chi connectivity index (χ3n) is 1.77. The summed E-state index contributed by atoms with van der Waals surface area (Å²) in [6, 6.07) is -0.119. The van der Waals surface area contributed by atoms with Gasteiger partial charge < -0.3 is 15.6 Å². The third kappa shape index (κ3) is 1.41. The first-order valence-electron chi connectivity index (χ1n) is 3.18. The van der Waals surface area contributed by atoms with Crippen molar-refractivity contribution in [1.29, 1.82) is 0 Å². The number of nitrogens with two attached hydrogens (primary N) is 1. The second-order valence-corrected chi connectivity index (χ2v) is 2.80. The van der Waals surface area contributed by atoms with Crippen molar-refractivity contribution < 1.29 is 9.84 Å². The van der Waals surface area contributed by atoms with Crippen molar-refractivity contribution in [3.63, 3.8) is 0 Å². The van der Waals surface area contributed by atoms with Crippen molar-refractivity contribution in [2.24, 2.45) is 5.73 Å². The highest BCUT2D eigenvalue weighted by molar-refractivity contribution is 4.87. The van der Waals surface area contributed by atoms with E-state index in [4.69, 9.17) is 10.5 Å². The molecule has 3 N–H and O–H groups in total. The van der Waals surface area contributed by atoms with E-state index in [1.165, 1.54) is 0 Å². The van der Waals surface area contributed by atoms with Gasteiger partial charge in [0.2, 0.25) is 0 Å². The lowest BCUT2D eigenvalue weighted by Crippen LogP contribution is -2.52. The van der Waals surface area contributed by atoms with Gasteiger partial charge in [-0.15, -0.1) is 0 Å². The van der Waals surface area contributed by atoms with Crippen molar-refractivity contribution in [2.75, 3.05) is 13.2 Å². The van der Waals surface area contributed by atoms with Crippen molar-refractivity contribution in [2.45, 2.75) is 25.0 Å². The molecule has 0 aromatic heterocycles. The molecule has 3 nitrogen and oxygen atoms in total. The Morgan fingerprint density at radius 2 is 2.44 bits per heavy atom. The molecule has 0 unspecified atom stereocenters. The summed E-state index contributed by atoms with van der Waals surface area (Å²) in [7, 11) is 0. The van der Waals surface area contributed by atoms with Crippen LogP contribution in [-0.2, 0) is 4.74 Å². The molecule has 1 aliphatic rings. The topological polar surface area (TPSA) is 55.5 Å². The molecule has 0 aliphatic carbocycles. The van der Waals surface area contributed by atoms with Crippen molar-refractivity contribution >= 4 is 0 Å². The molecule has 0 aromatic carbocycles. The molecule has 1 saturated heterocycles. The van der Waals surface area contributed by atoms with Crippen LogP contribution >= 0.6 is 0 Å². The van der Waals surface area contributed by atoms with Gasteiger partial charge in [-0.1, -0.05) is 0 Å². The standard InChI is InChI=1S/C6H13NO2/c1-6(8)4-9-3-2-5(6)7/h5,8H,2-4,7H2,1H3/t5-,6+/m1/s1. The zero-order valence-electron chi connectivity index (χ0n) is 5.63. The van der Waals surface area contributed by atoms with Gasteiger partial charge in [-0.2, -0.15) is 0 Å². The van der Waals surface area contributed by atoms with Crippen molar-refractivity contribution in [3.05, 3.63) is 0 Å². The number of rotatable bonds is 0. The van der Waals surface area contributed by atoms with Crippen LogP contribution in [0, 0.1) is 0 Å². The Bertz CT molecular complexity index is 103. The first-order chi connectivity index (χ1) is 4.13. The molecule has 3 heteroatoms. The fourth-order valence-corrected chi connectivity index (χ4v) is 0.907. The zero-order chi connectivity index (χ0) is 6.91. The lowest BCUT2D eigenvalue weighted by Gasteiger charge is -2.33. The van der Waals surface area contributed by atoms with E-state index in [0.717, 1.165) is 6.42 Å². The molecule has 1 aliphatic heterocycles. The molecule has 54 valence electrons. The normalized spacial score (nSPS) is 45.0. The van der Waals surface area contributed by atoms with E-state index in [0.29, 0.717) is 13.2 Å². The van der Waals surface area contributed by atoms with Gasteiger partial charge in [0.05, 0.1) is 6.61 Å². The molecular formula is C6H13NO2. The maximum atomic E-state index is 9.39. The van der Waals surface area contributed by atoms with Gasteiger partial charge in [0.15, 0.2) is 0 Å². The van der Waals surface area contributed by atoms with E-state index in [2.05, 4.69) is 0 Å². The van der Waals surface area contributed by atoms with Crippen LogP contribution in [0.4, 0.5) is 0 Å². The van der Waals surface area contributed by atoms with Crippen LogP contribution in [0.25, 0.3) is 0 Å². The van der Waals surface area contributed by atoms with E-state index < -0.39 is 5.60 Å². The zero-order valence-corrected chi connectivity index (χ0v) is 5.63. The molecular weight excluding hydrogens is 118 g/mol. The van der Waals surface area contributed by atoms with Crippen LogP contribution in [0.5, 0.6) is 0 Å². The van der Waals surface area contributed by atoms with Gasteiger partial charge in [-0.25, -0.2) is 0 Å². The number of ether oxygens (including phenoxy) is 1. The SMILES string of the molecule is C[C@]1(O)COCC[C@H]1N. The first kappa shape index (κ1) is 6.99. The van der Waals surface area contributed by atoms with Gasteiger partial charge in [0, 0.05) is 12.6 Å². The van der Waals surface area contributed by atoms with E-state index >= 15 is 0 Å². The summed E-state index contributed by atoms with van der Waals surface area (Å²) in [6.45, 7) is 2.75. The molecule has 0 amide bonds. The summed E-state index contributed by atoms with van der Waals surface area (Å²) in [5.74, 6) is 0. The Morgan fingerprint density at radius 1 is 1.78 bits per heavy atom. The molecule has 1 rings (SSSR count).